The number of hydrogen-bond acceptors (Lipinski definition) is 6. The second kappa shape index (κ2) is 8.68. The first kappa shape index (κ1) is 19.0. The lowest BCUT2D eigenvalue weighted by Crippen LogP contribution is -2.30. The molecule has 1 fully saturated rings. The molecule has 1 N–H and O–H groups in total. The van der Waals surface area contributed by atoms with Crippen LogP contribution >= 0.6 is 24.0 Å². The number of methoxy groups -OCH3 is 1. The van der Waals surface area contributed by atoms with Crippen LogP contribution in [0.25, 0.3) is 6.08 Å². The molecule has 1 aliphatic rings. The molecule has 8 heteroatoms. The number of aliphatic carboxylic acids is 1. The fourth-order valence-electron chi connectivity index (χ4n) is 2.15. The average Bonchev–Trinajstić information content (AvgIpc) is 2.85. The van der Waals surface area contributed by atoms with Crippen LogP contribution in [0.1, 0.15) is 12.0 Å². The van der Waals surface area contributed by atoms with E-state index in [1.54, 1.807) is 30.4 Å². The molecule has 0 aliphatic carbocycles. The first-order valence-corrected chi connectivity index (χ1v) is 8.58. The quantitative estimate of drug-likeness (QED) is 0.423. The van der Waals surface area contributed by atoms with Gasteiger partial charge in [-0.05, 0) is 12.1 Å². The molecule has 1 amide bonds. The molecule has 1 saturated heterocycles. The molecule has 25 heavy (non-hydrogen) atoms. The van der Waals surface area contributed by atoms with Crippen molar-refractivity contribution in [1.82, 2.24) is 4.90 Å². The number of hydrogen-bond donors (Lipinski definition) is 1. The molecule has 1 heterocycles. The van der Waals surface area contributed by atoms with E-state index in [-0.39, 0.29) is 18.9 Å². The maximum atomic E-state index is 12.5. The molecule has 1 aromatic rings. The van der Waals surface area contributed by atoms with E-state index in [1.807, 2.05) is 0 Å². The zero-order valence-electron chi connectivity index (χ0n) is 13.6. The van der Waals surface area contributed by atoms with E-state index in [0.717, 1.165) is 11.8 Å². The van der Waals surface area contributed by atoms with E-state index in [1.165, 1.54) is 12.0 Å². The molecule has 6 nitrogen and oxygen atoms in total. The monoisotopic (exact) mass is 379 g/mol. The summed E-state index contributed by atoms with van der Waals surface area (Å²) in [6.07, 6.45) is 3.12. The minimum Gasteiger partial charge on any atom is -0.493 e. The van der Waals surface area contributed by atoms with Crippen LogP contribution in [0.3, 0.4) is 0 Å². The fourth-order valence-corrected chi connectivity index (χ4v) is 3.44. The molecule has 0 aromatic heterocycles. The molecular weight excluding hydrogens is 362 g/mol. The number of para-hydroxylation sites is 1. The van der Waals surface area contributed by atoms with Crippen molar-refractivity contribution >= 4 is 46.3 Å². The average molecular weight is 379 g/mol. The normalized spacial score (nSPS) is 15.6. The summed E-state index contributed by atoms with van der Waals surface area (Å²) in [6.45, 7) is 3.96. The molecule has 0 unspecified atom stereocenters. The van der Waals surface area contributed by atoms with Gasteiger partial charge in [-0.2, -0.15) is 0 Å². The molecule has 1 aliphatic heterocycles. The molecule has 0 saturated carbocycles. The lowest BCUT2D eigenvalue weighted by atomic mass is 10.1. The third-order valence-electron chi connectivity index (χ3n) is 3.28. The van der Waals surface area contributed by atoms with E-state index in [2.05, 4.69) is 6.58 Å². The SMILES string of the molecule is C=CCOc1c(/C=C2/SC(=S)N(CCC(=O)O)C2=O)cccc1OC. The van der Waals surface area contributed by atoms with Gasteiger partial charge in [-0.15, -0.1) is 0 Å². The molecule has 1 aromatic carbocycles. The maximum Gasteiger partial charge on any atom is 0.305 e. The van der Waals surface area contributed by atoms with Gasteiger partial charge in [0.1, 0.15) is 10.9 Å². The predicted octanol–water partition coefficient (Wildman–Crippen LogP) is 2.94. The Morgan fingerprint density at radius 1 is 1.48 bits per heavy atom. The second-order valence-electron chi connectivity index (χ2n) is 4.96. The van der Waals surface area contributed by atoms with Crippen molar-refractivity contribution in [2.45, 2.75) is 6.42 Å². The number of amides is 1. The molecule has 2 rings (SSSR count). The van der Waals surface area contributed by atoms with Crippen LogP contribution in [0.15, 0.2) is 35.8 Å². The highest BCUT2D eigenvalue weighted by Gasteiger charge is 2.32. The lowest BCUT2D eigenvalue weighted by Gasteiger charge is -2.13. The van der Waals surface area contributed by atoms with Crippen LogP contribution in [0.4, 0.5) is 0 Å². The van der Waals surface area contributed by atoms with Crippen LogP contribution in [-0.4, -0.2) is 46.5 Å². The van der Waals surface area contributed by atoms with E-state index in [9.17, 15) is 9.59 Å². The Balaban J connectivity index is 2.31. The Morgan fingerprint density at radius 2 is 2.24 bits per heavy atom. The van der Waals surface area contributed by atoms with Crippen molar-refractivity contribution in [2.75, 3.05) is 20.3 Å². The Morgan fingerprint density at radius 3 is 2.88 bits per heavy atom. The van der Waals surface area contributed by atoms with Gasteiger partial charge in [0.05, 0.1) is 18.4 Å². The van der Waals surface area contributed by atoms with E-state index in [4.69, 9.17) is 26.8 Å². The van der Waals surface area contributed by atoms with Crippen molar-refractivity contribution in [1.29, 1.82) is 0 Å². The Labute approximate surface area is 155 Å². The summed E-state index contributed by atoms with van der Waals surface area (Å²) in [5.41, 5.74) is 0.667. The third kappa shape index (κ3) is 4.61. The predicted molar refractivity (Wildman–Crippen MR) is 101 cm³/mol. The van der Waals surface area contributed by atoms with Gasteiger partial charge in [0.25, 0.3) is 5.91 Å². The number of carbonyl (C=O) groups excluding carboxylic acids is 1. The fraction of sp³-hybridized carbons (Fsp3) is 0.235. The van der Waals surface area contributed by atoms with Crippen LogP contribution in [0, 0.1) is 0 Å². The topological polar surface area (TPSA) is 76.1 Å². The van der Waals surface area contributed by atoms with Crippen molar-refractivity contribution < 1.29 is 24.2 Å². The molecular formula is C17H17NO5S2. The zero-order chi connectivity index (χ0) is 18.4. The second-order valence-corrected chi connectivity index (χ2v) is 6.63. The highest BCUT2D eigenvalue weighted by Crippen LogP contribution is 2.37. The summed E-state index contributed by atoms with van der Waals surface area (Å²) in [6, 6.07) is 5.34. The Bertz CT molecular complexity index is 745. The Kier molecular flexibility index (Phi) is 6.60. The molecule has 0 radical (unpaired) electrons. The van der Waals surface area contributed by atoms with Gasteiger partial charge in [-0.1, -0.05) is 48.8 Å². The van der Waals surface area contributed by atoms with E-state index >= 15 is 0 Å². The number of carboxylic acids is 1. The van der Waals surface area contributed by atoms with Gasteiger partial charge in [-0.25, -0.2) is 0 Å². The molecule has 0 atom stereocenters. The van der Waals surface area contributed by atoms with Crippen molar-refractivity contribution in [3.8, 4) is 11.5 Å². The highest BCUT2D eigenvalue weighted by atomic mass is 32.2. The first-order chi connectivity index (χ1) is 12.0. The summed E-state index contributed by atoms with van der Waals surface area (Å²) >= 11 is 6.31. The standard InChI is InChI=1S/C17H17NO5S2/c1-3-9-23-15-11(5-4-6-12(15)22-2)10-13-16(21)18(17(24)25-13)8-7-14(19)20/h3-6,10H,1,7-9H2,2H3,(H,19,20)/b13-10+. The lowest BCUT2D eigenvalue weighted by molar-refractivity contribution is -0.137. The van der Waals surface area contributed by atoms with Gasteiger partial charge < -0.3 is 14.6 Å². The maximum absolute atomic E-state index is 12.5. The van der Waals surface area contributed by atoms with E-state index in [0.29, 0.717) is 32.9 Å². The van der Waals surface area contributed by atoms with Crippen molar-refractivity contribution in [2.24, 2.45) is 0 Å². The third-order valence-corrected chi connectivity index (χ3v) is 4.66. The van der Waals surface area contributed by atoms with Gasteiger partial charge in [0, 0.05) is 12.1 Å². The number of benzene rings is 1. The summed E-state index contributed by atoms with van der Waals surface area (Å²) in [5.74, 6) is -0.252. The van der Waals surface area contributed by atoms with Crippen LogP contribution in [0.2, 0.25) is 0 Å². The number of carboxylic acid groups (broad SMARTS) is 1. The van der Waals surface area contributed by atoms with Crippen LogP contribution in [0.5, 0.6) is 11.5 Å². The molecule has 0 spiro atoms. The summed E-state index contributed by atoms with van der Waals surface area (Å²) in [5, 5.41) is 8.78. The Hall–Kier alpha value is -2.32. The molecule has 0 bridgehead atoms. The van der Waals surface area contributed by atoms with Crippen molar-refractivity contribution in [3.05, 3.63) is 41.3 Å². The minimum absolute atomic E-state index is 0.0509. The summed E-state index contributed by atoms with van der Waals surface area (Å²) < 4.78 is 11.3. The van der Waals surface area contributed by atoms with Gasteiger partial charge in [-0.3, -0.25) is 14.5 Å². The van der Waals surface area contributed by atoms with Gasteiger partial charge >= 0.3 is 5.97 Å². The van der Waals surface area contributed by atoms with Crippen molar-refractivity contribution in [3.63, 3.8) is 0 Å². The van der Waals surface area contributed by atoms with Gasteiger partial charge in [0.2, 0.25) is 0 Å². The van der Waals surface area contributed by atoms with Gasteiger partial charge in [0.15, 0.2) is 11.5 Å². The molecule has 132 valence electrons. The highest BCUT2D eigenvalue weighted by molar-refractivity contribution is 8.26. The number of nitrogens with zero attached hydrogens (tertiary/aromatic N) is 1. The van der Waals surface area contributed by atoms with Crippen LogP contribution in [-0.2, 0) is 9.59 Å². The minimum atomic E-state index is -0.981. The number of carbonyl (C=O) groups is 2. The summed E-state index contributed by atoms with van der Waals surface area (Å²) in [4.78, 5) is 24.9. The van der Waals surface area contributed by atoms with E-state index < -0.39 is 5.97 Å². The zero-order valence-corrected chi connectivity index (χ0v) is 15.2. The number of rotatable bonds is 8. The smallest absolute Gasteiger partial charge is 0.305 e. The van der Waals surface area contributed by atoms with Crippen LogP contribution < -0.4 is 9.47 Å². The first-order valence-electron chi connectivity index (χ1n) is 7.35. The number of ether oxygens (including phenoxy) is 2. The number of thiocarbonyl (C=S) groups is 1. The summed E-state index contributed by atoms with van der Waals surface area (Å²) in [7, 11) is 1.53. The number of thioether (sulfide) groups is 1. The largest absolute Gasteiger partial charge is 0.493 e.